The van der Waals surface area contributed by atoms with Crippen LogP contribution in [-0.4, -0.2) is 43.2 Å². The van der Waals surface area contributed by atoms with Crippen molar-refractivity contribution in [1.29, 1.82) is 0 Å². The molecule has 0 spiro atoms. The molecule has 2 heterocycles. The zero-order chi connectivity index (χ0) is 17.8. The highest BCUT2D eigenvalue weighted by Gasteiger charge is 2.17. The van der Waals surface area contributed by atoms with E-state index in [1.54, 1.807) is 14.2 Å². The lowest BCUT2D eigenvalue weighted by Crippen LogP contribution is -2.39. The molecule has 0 bridgehead atoms. The zero-order valence-electron chi connectivity index (χ0n) is 14.7. The SMILES string of the molecule is C.COc1cc(-c2cc(CN3CCC(N)CC3)ccn2)cc(OC)c1Cl. The number of piperidine rings is 1. The van der Waals surface area contributed by atoms with Crippen LogP contribution >= 0.6 is 11.6 Å². The largest absolute Gasteiger partial charge is 0.495 e. The number of nitrogens with two attached hydrogens (primary N) is 1. The van der Waals surface area contributed by atoms with Crippen LogP contribution in [0.1, 0.15) is 25.8 Å². The Kier molecular flexibility index (Phi) is 7.26. The molecule has 1 aliphatic rings. The molecule has 1 fully saturated rings. The van der Waals surface area contributed by atoms with E-state index in [1.165, 1.54) is 5.56 Å². The fraction of sp³-hybridized carbons (Fsp3) is 0.450. The van der Waals surface area contributed by atoms with Gasteiger partial charge in [0.25, 0.3) is 0 Å². The molecule has 0 aliphatic carbocycles. The van der Waals surface area contributed by atoms with Gasteiger partial charge in [-0.25, -0.2) is 0 Å². The van der Waals surface area contributed by atoms with Crippen LogP contribution in [0, 0.1) is 0 Å². The predicted molar refractivity (Wildman–Crippen MR) is 107 cm³/mol. The number of rotatable bonds is 5. The summed E-state index contributed by atoms with van der Waals surface area (Å²) in [5, 5.41) is 0.467. The average molecular weight is 378 g/mol. The Labute approximate surface area is 161 Å². The summed E-state index contributed by atoms with van der Waals surface area (Å²) in [6.07, 6.45) is 3.96. The highest BCUT2D eigenvalue weighted by molar-refractivity contribution is 6.33. The molecule has 26 heavy (non-hydrogen) atoms. The van der Waals surface area contributed by atoms with Gasteiger partial charge in [-0.05, 0) is 55.8 Å². The number of ether oxygens (including phenoxy) is 2. The number of methoxy groups -OCH3 is 2. The smallest absolute Gasteiger partial charge is 0.141 e. The monoisotopic (exact) mass is 377 g/mol. The molecule has 2 aromatic rings. The topological polar surface area (TPSA) is 60.6 Å². The molecule has 2 N–H and O–H groups in total. The van der Waals surface area contributed by atoms with Crippen molar-refractivity contribution >= 4 is 11.6 Å². The molecular weight excluding hydrogens is 350 g/mol. The van der Waals surface area contributed by atoms with E-state index in [9.17, 15) is 0 Å². The molecule has 0 radical (unpaired) electrons. The van der Waals surface area contributed by atoms with E-state index in [0.717, 1.165) is 43.7 Å². The normalized spacial score (nSPS) is 15.4. The second-order valence-electron chi connectivity index (χ2n) is 6.36. The van der Waals surface area contributed by atoms with Gasteiger partial charge in [-0.3, -0.25) is 9.88 Å². The van der Waals surface area contributed by atoms with Crippen molar-refractivity contribution in [2.45, 2.75) is 32.9 Å². The van der Waals surface area contributed by atoms with Gasteiger partial charge in [-0.1, -0.05) is 19.0 Å². The first-order valence-electron chi connectivity index (χ1n) is 8.45. The van der Waals surface area contributed by atoms with Crippen molar-refractivity contribution in [2.75, 3.05) is 27.3 Å². The quantitative estimate of drug-likeness (QED) is 0.853. The van der Waals surface area contributed by atoms with E-state index in [4.69, 9.17) is 26.8 Å². The van der Waals surface area contributed by atoms with Crippen LogP contribution in [0.5, 0.6) is 11.5 Å². The fourth-order valence-corrected chi connectivity index (χ4v) is 3.38. The number of hydrogen-bond donors (Lipinski definition) is 1. The molecular formula is C20H28ClN3O2. The maximum Gasteiger partial charge on any atom is 0.141 e. The molecule has 0 amide bonds. The molecule has 5 nitrogen and oxygen atoms in total. The first kappa shape index (κ1) is 20.5. The van der Waals surface area contributed by atoms with E-state index in [2.05, 4.69) is 22.0 Å². The first-order chi connectivity index (χ1) is 12.1. The minimum atomic E-state index is 0. The van der Waals surface area contributed by atoms with Crippen molar-refractivity contribution in [1.82, 2.24) is 9.88 Å². The van der Waals surface area contributed by atoms with Crippen LogP contribution in [0.15, 0.2) is 30.5 Å². The van der Waals surface area contributed by atoms with E-state index in [0.29, 0.717) is 22.6 Å². The molecule has 1 aliphatic heterocycles. The third kappa shape index (κ3) is 4.67. The van der Waals surface area contributed by atoms with Gasteiger partial charge in [0.1, 0.15) is 16.5 Å². The number of pyridine rings is 1. The minimum absolute atomic E-state index is 0. The van der Waals surface area contributed by atoms with Gasteiger partial charge in [0.15, 0.2) is 0 Å². The Morgan fingerprint density at radius 2 is 1.77 bits per heavy atom. The number of likely N-dealkylation sites (tertiary alicyclic amines) is 1. The van der Waals surface area contributed by atoms with Gasteiger partial charge in [-0.15, -0.1) is 0 Å². The molecule has 0 unspecified atom stereocenters. The summed E-state index contributed by atoms with van der Waals surface area (Å²) < 4.78 is 10.7. The number of benzene rings is 1. The zero-order valence-corrected chi connectivity index (χ0v) is 15.4. The van der Waals surface area contributed by atoms with E-state index < -0.39 is 0 Å². The van der Waals surface area contributed by atoms with Crippen molar-refractivity contribution < 1.29 is 9.47 Å². The molecule has 1 saturated heterocycles. The van der Waals surface area contributed by atoms with Crippen LogP contribution in [-0.2, 0) is 6.54 Å². The molecule has 3 rings (SSSR count). The van der Waals surface area contributed by atoms with Crippen molar-refractivity contribution in [3.8, 4) is 22.8 Å². The van der Waals surface area contributed by atoms with Crippen molar-refractivity contribution in [3.63, 3.8) is 0 Å². The molecule has 142 valence electrons. The molecule has 0 saturated carbocycles. The van der Waals surface area contributed by atoms with Crippen molar-refractivity contribution in [2.24, 2.45) is 5.73 Å². The highest BCUT2D eigenvalue weighted by Crippen LogP contribution is 2.38. The number of aromatic nitrogens is 1. The number of hydrogen-bond acceptors (Lipinski definition) is 5. The number of halogens is 1. The average Bonchev–Trinajstić information content (AvgIpc) is 2.64. The van der Waals surface area contributed by atoms with Gasteiger partial charge in [0, 0.05) is 24.3 Å². The van der Waals surface area contributed by atoms with Gasteiger partial charge in [0.05, 0.1) is 19.9 Å². The first-order valence-corrected chi connectivity index (χ1v) is 8.83. The summed E-state index contributed by atoms with van der Waals surface area (Å²) >= 11 is 6.25. The summed E-state index contributed by atoms with van der Waals surface area (Å²) in [5.41, 5.74) is 9.01. The summed E-state index contributed by atoms with van der Waals surface area (Å²) in [7, 11) is 3.19. The van der Waals surface area contributed by atoms with E-state index in [-0.39, 0.29) is 7.43 Å². The fourth-order valence-electron chi connectivity index (χ4n) is 3.12. The lowest BCUT2D eigenvalue weighted by molar-refractivity contribution is 0.205. The van der Waals surface area contributed by atoms with Crippen LogP contribution in [0.3, 0.4) is 0 Å². The van der Waals surface area contributed by atoms with Crippen LogP contribution < -0.4 is 15.2 Å². The number of nitrogens with zero attached hydrogens (tertiary/aromatic N) is 2. The predicted octanol–water partition coefficient (Wildman–Crippen LogP) is 3.98. The minimum Gasteiger partial charge on any atom is -0.495 e. The Hall–Kier alpha value is -1.82. The lowest BCUT2D eigenvalue weighted by Gasteiger charge is -2.30. The molecule has 6 heteroatoms. The third-order valence-electron chi connectivity index (χ3n) is 4.60. The maximum atomic E-state index is 6.25. The summed E-state index contributed by atoms with van der Waals surface area (Å²) in [5.74, 6) is 1.15. The van der Waals surface area contributed by atoms with Gasteiger partial charge >= 0.3 is 0 Å². The summed E-state index contributed by atoms with van der Waals surface area (Å²) in [6, 6.07) is 8.28. The van der Waals surface area contributed by atoms with Crippen LogP contribution in [0.2, 0.25) is 5.02 Å². The second-order valence-corrected chi connectivity index (χ2v) is 6.74. The van der Waals surface area contributed by atoms with E-state index in [1.807, 2.05) is 18.3 Å². The van der Waals surface area contributed by atoms with Gasteiger partial charge in [-0.2, -0.15) is 0 Å². The summed E-state index contributed by atoms with van der Waals surface area (Å²) in [4.78, 5) is 6.94. The Morgan fingerprint density at radius 3 is 2.35 bits per heavy atom. The van der Waals surface area contributed by atoms with Gasteiger partial charge < -0.3 is 15.2 Å². The van der Waals surface area contributed by atoms with Crippen LogP contribution in [0.4, 0.5) is 0 Å². The molecule has 0 atom stereocenters. The summed E-state index contributed by atoms with van der Waals surface area (Å²) in [6.45, 7) is 2.99. The lowest BCUT2D eigenvalue weighted by atomic mass is 10.0. The standard InChI is InChI=1S/C19H24ClN3O2.CH4/c1-24-17-10-14(11-18(25-2)19(17)20)16-9-13(3-6-22-16)12-23-7-4-15(21)5-8-23;/h3,6,9-11,15H,4-5,7-8,12,21H2,1-2H3;1H4. The molecule has 1 aromatic carbocycles. The van der Waals surface area contributed by atoms with E-state index >= 15 is 0 Å². The Balaban J connectivity index is 0.00000243. The maximum absolute atomic E-state index is 6.25. The Morgan fingerprint density at radius 1 is 1.15 bits per heavy atom. The van der Waals surface area contributed by atoms with Crippen LogP contribution in [0.25, 0.3) is 11.3 Å². The molecule has 1 aromatic heterocycles. The highest BCUT2D eigenvalue weighted by atomic mass is 35.5. The second kappa shape index (κ2) is 9.21. The van der Waals surface area contributed by atoms with Crippen molar-refractivity contribution in [3.05, 3.63) is 41.0 Å². The van der Waals surface area contributed by atoms with Gasteiger partial charge in [0.2, 0.25) is 0 Å². The third-order valence-corrected chi connectivity index (χ3v) is 4.98. The Bertz CT molecular complexity index is 706.